The standard InChI is InChI=1S/C22H25N5O4/c1-31-19-6-4-18(5-7-19)25-20(28)13-17(22(29)30)15-26-9-11-27(12-10-26)21-16(14-23)3-2-8-24-21/h2-8,17H,9-13,15H2,1H3,(H,25,28)(H,29,30)/t17-/m0/s1. The molecule has 9 nitrogen and oxygen atoms in total. The van der Waals surface area contributed by atoms with E-state index < -0.39 is 11.9 Å². The first-order valence-electron chi connectivity index (χ1n) is 9.99. The first-order chi connectivity index (χ1) is 15.0. The van der Waals surface area contributed by atoms with Crippen molar-refractivity contribution in [3.05, 3.63) is 48.2 Å². The number of carbonyl (C=O) groups is 2. The monoisotopic (exact) mass is 423 g/mol. The molecule has 162 valence electrons. The van der Waals surface area contributed by atoms with Gasteiger partial charge in [-0.15, -0.1) is 0 Å². The fourth-order valence-corrected chi connectivity index (χ4v) is 3.53. The highest BCUT2D eigenvalue weighted by molar-refractivity contribution is 5.93. The van der Waals surface area contributed by atoms with Crippen LogP contribution in [0.25, 0.3) is 0 Å². The molecule has 1 fully saturated rings. The molecule has 3 rings (SSSR count). The summed E-state index contributed by atoms with van der Waals surface area (Å²) in [6, 6.07) is 12.5. The minimum absolute atomic E-state index is 0.111. The molecular weight excluding hydrogens is 398 g/mol. The Morgan fingerprint density at radius 3 is 2.55 bits per heavy atom. The number of benzene rings is 1. The van der Waals surface area contributed by atoms with Crippen molar-refractivity contribution in [3.63, 3.8) is 0 Å². The number of aliphatic carboxylic acids is 1. The van der Waals surface area contributed by atoms with Gasteiger partial charge in [-0.3, -0.25) is 14.5 Å². The number of hydrogen-bond donors (Lipinski definition) is 2. The lowest BCUT2D eigenvalue weighted by molar-refractivity contribution is -0.144. The zero-order valence-corrected chi connectivity index (χ0v) is 17.3. The minimum Gasteiger partial charge on any atom is -0.497 e. The second-order valence-electron chi connectivity index (χ2n) is 7.29. The first-order valence-corrected chi connectivity index (χ1v) is 9.99. The summed E-state index contributed by atoms with van der Waals surface area (Å²) in [5, 5.41) is 21.6. The summed E-state index contributed by atoms with van der Waals surface area (Å²) in [6.45, 7) is 2.81. The van der Waals surface area contributed by atoms with Crippen LogP contribution in [0, 0.1) is 17.2 Å². The average molecular weight is 423 g/mol. The number of carboxylic acid groups (broad SMARTS) is 1. The molecule has 1 amide bonds. The van der Waals surface area contributed by atoms with E-state index in [1.807, 2.05) is 9.80 Å². The van der Waals surface area contributed by atoms with Crippen molar-refractivity contribution in [2.45, 2.75) is 6.42 Å². The van der Waals surface area contributed by atoms with Crippen LogP contribution in [0.3, 0.4) is 0 Å². The van der Waals surface area contributed by atoms with Gasteiger partial charge in [-0.2, -0.15) is 5.26 Å². The van der Waals surface area contributed by atoms with Crippen LogP contribution in [0.4, 0.5) is 11.5 Å². The van der Waals surface area contributed by atoms with Gasteiger partial charge in [0.1, 0.15) is 17.6 Å². The maximum Gasteiger partial charge on any atom is 0.308 e. The second kappa shape index (κ2) is 10.4. The Kier molecular flexibility index (Phi) is 7.40. The summed E-state index contributed by atoms with van der Waals surface area (Å²) in [5.74, 6) is -0.826. The molecule has 9 heteroatoms. The van der Waals surface area contributed by atoms with Gasteiger partial charge in [-0.05, 0) is 36.4 Å². The summed E-state index contributed by atoms with van der Waals surface area (Å²) in [7, 11) is 1.56. The predicted molar refractivity (Wildman–Crippen MR) is 115 cm³/mol. The molecule has 1 aromatic carbocycles. The van der Waals surface area contributed by atoms with Crippen LogP contribution in [-0.4, -0.2) is 66.7 Å². The zero-order chi connectivity index (χ0) is 22.2. The summed E-state index contributed by atoms with van der Waals surface area (Å²) < 4.78 is 5.08. The van der Waals surface area contributed by atoms with Gasteiger partial charge in [0.2, 0.25) is 5.91 Å². The number of nitrogens with zero attached hydrogens (tertiary/aromatic N) is 4. The van der Waals surface area contributed by atoms with E-state index in [0.29, 0.717) is 49.0 Å². The Morgan fingerprint density at radius 1 is 1.23 bits per heavy atom. The first kappa shape index (κ1) is 22.1. The molecule has 0 bridgehead atoms. The number of carboxylic acids is 1. The molecule has 1 aromatic heterocycles. The smallest absolute Gasteiger partial charge is 0.308 e. The summed E-state index contributed by atoms with van der Waals surface area (Å²) >= 11 is 0. The van der Waals surface area contributed by atoms with Crippen LogP contribution in [0.15, 0.2) is 42.6 Å². The number of anilines is 2. The quantitative estimate of drug-likeness (QED) is 0.660. The fourth-order valence-electron chi connectivity index (χ4n) is 3.53. The molecule has 0 saturated carbocycles. The number of pyridine rings is 1. The van der Waals surface area contributed by atoms with Crippen molar-refractivity contribution in [2.24, 2.45) is 5.92 Å². The van der Waals surface area contributed by atoms with Gasteiger partial charge in [0.25, 0.3) is 0 Å². The van der Waals surface area contributed by atoms with E-state index in [4.69, 9.17) is 4.74 Å². The minimum atomic E-state index is -0.996. The molecule has 1 aliphatic rings. The van der Waals surface area contributed by atoms with Crippen LogP contribution in [0.1, 0.15) is 12.0 Å². The number of aromatic nitrogens is 1. The molecule has 2 aromatic rings. The molecular formula is C22H25N5O4. The van der Waals surface area contributed by atoms with Gasteiger partial charge in [0, 0.05) is 51.0 Å². The van der Waals surface area contributed by atoms with Crippen molar-refractivity contribution in [3.8, 4) is 11.8 Å². The van der Waals surface area contributed by atoms with E-state index in [9.17, 15) is 20.0 Å². The molecule has 0 spiro atoms. The SMILES string of the molecule is COc1ccc(NC(=O)C[C@@H](CN2CCN(c3ncccc3C#N)CC2)C(=O)O)cc1. The number of nitrogens with one attached hydrogen (secondary N) is 1. The van der Waals surface area contributed by atoms with Gasteiger partial charge in [-0.1, -0.05) is 0 Å². The molecule has 0 unspecified atom stereocenters. The van der Waals surface area contributed by atoms with Gasteiger partial charge in [-0.25, -0.2) is 4.98 Å². The maximum absolute atomic E-state index is 12.4. The van der Waals surface area contributed by atoms with Crippen LogP contribution < -0.4 is 15.0 Å². The third kappa shape index (κ3) is 5.93. The summed E-state index contributed by atoms with van der Waals surface area (Å²) in [4.78, 5) is 32.5. The topological polar surface area (TPSA) is 119 Å². The number of rotatable bonds is 8. The van der Waals surface area contributed by atoms with E-state index >= 15 is 0 Å². The van der Waals surface area contributed by atoms with E-state index in [1.54, 1.807) is 49.7 Å². The van der Waals surface area contributed by atoms with Crippen molar-refractivity contribution in [2.75, 3.05) is 50.1 Å². The third-order valence-corrected chi connectivity index (χ3v) is 5.21. The highest BCUT2D eigenvalue weighted by Gasteiger charge is 2.27. The highest BCUT2D eigenvalue weighted by Crippen LogP contribution is 2.20. The molecule has 31 heavy (non-hydrogen) atoms. The van der Waals surface area contributed by atoms with Crippen LogP contribution in [0.2, 0.25) is 0 Å². The lowest BCUT2D eigenvalue weighted by Crippen LogP contribution is -2.49. The molecule has 0 radical (unpaired) electrons. The van der Waals surface area contributed by atoms with Crippen molar-refractivity contribution in [1.29, 1.82) is 5.26 Å². The number of nitriles is 1. The Hall–Kier alpha value is -3.64. The summed E-state index contributed by atoms with van der Waals surface area (Å²) in [5.41, 5.74) is 1.11. The molecule has 0 aliphatic carbocycles. The molecule has 1 atom stereocenters. The number of ether oxygens (including phenoxy) is 1. The number of hydrogen-bond acceptors (Lipinski definition) is 7. The Balaban J connectivity index is 1.53. The van der Waals surface area contributed by atoms with Gasteiger partial charge in [0.15, 0.2) is 0 Å². The lowest BCUT2D eigenvalue weighted by Gasteiger charge is -2.36. The largest absolute Gasteiger partial charge is 0.497 e. The number of piperazine rings is 1. The summed E-state index contributed by atoms with van der Waals surface area (Å²) in [6.07, 6.45) is 1.55. The van der Waals surface area contributed by atoms with E-state index in [1.165, 1.54) is 0 Å². The zero-order valence-electron chi connectivity index (χ0n) is 17.3. The van der Waals surface area contributed by atoms with E-state index in [2.05, 4.69) is 16.4 Å². The second-order valence-corrected chi connectivity index (χ2v) is 7.29. The maximum atomic E-state index is 12.4. The molecule has 2 N–H and O–H groups in total. The van der Waals surface area contributed by atoms with Crippen LogP contribution in [0.5, 0.6) is 5.75 Å². The van der Waals surface area contributed by atoms with Gasteiger partial charge < -0.3 is 20.1 Å². The molecule has 1 saturated heterocycles. The van der Waals surface area contributed by atoms with E-state index in [-0.39, 0.29) is 18.9 Å². The van der Waals surface area contributed by atoms with Crippen molar-refractivity contribution < 1.29 is 19.4 Å². The molecule has 2 heterocycles. The van der Waals surface area contributed by atoms with Crippen molar-refractivity contribution in [1.82, 2.24) is 9.88 Å². The predicted octanol–water partition coefficient (Wildman–Crippen LogP) is 1.81. The van der Waals surface area contributed by atoms with Gasteiger partial charge >= 0.3 is 5.97 Å². The Labute approximate surface area is 180 Å². The van der Waals surface area contributed by atoms with Crippen LogP contribution in [-0.2, 0) is 9.59 Å². The fraction of sp³-hybridized carbons (Fsp3) is 0.364. The average Bonchev–Trinajstić information content (AvgIpc) is 2.79. The molecule has 1 aliphatic heterocycles. The number of amides is 1. The third-order valence-electron chi connectivity index (χ3n) is 5.21. The van der Waals surface area contributed by atoms with Crippen molar-refractivity contribution >= 4 is 23.4 Å². The van der Waals surface area contributed by atoms with Gasteiger partial charge in [0.05, 0.1) is 18.6 Å². The normalized spacial score (nSPS) is 15.0. The van der Waals surface area contributed by atoms with E-state index in [0.717, 1.165) is 0 Å². The Bertz CT molecular complexity index is 949. The lowest BCUT2D eigenvalue weighted by atomic mass is 10.0. The van der Waals surface area contributed by atoms with Crippen LogP contribution >= 0.6 is 0 Å². The number of methoxy groups -OCH3 is 1. The highest BCUT2D eigenvalue weighted by atomic mass is 16.5. The Morgan fingerprint density at radius 2 is 1.94 bits per heavy atom. The number of carbonyl (C=O) groups excluding carboxylic acids is 1.